The minimum absolute atomic E-state index is 0.105. The number of anilines is 1. The number of benzene rings is 2. The van der Waals surface area contributed by atoms with E-state index in [1.165, 1.54) is 12.1 Å². The first kappa shape index (κ1) is 22.5. The highest BCUT2D eigenvalue weighted by Crippen LogP contribution is 2.28. The molecule has 0 bridgehead atoms. The highest BCUT2D eigenvalue weighted by molar-refractivity contribution is 5.91. The molecule has 0 fully saturated rings. The number of rotatable bonds is 10. The van der Waals surface area contributed by atoms with Crippen molar-refractivity contribution in [2.24, 2.45) is 0 Å². The Labute approximate surface area is 183 Å². The van der Waals surface area contributed by atoms with E-state index in [9.17, 15) is 9.18 Å². The molecule has 3 rings (SSSR count). The van der Waals surface area contributed by atoms with Crippen molar-refractivity contribution in [1.82, 2.24) is 9.88 Å². The lowest BCUT2D eigenvalue weighted by Crippen LogP contribution is -2.31. The summed E-state index contributed by atoms with van der Waals surface area (Å²) in [6.45, 7) is 5.15. The Morgan fingerprint density at radius 2 is 2.00 bits per heavy atom. The van der Waals surface area contributed by atoms with E-state index in [2.05, 4.69) is 17.2 Å². The van der Waals surface area contributed by atoms with Crippen molar-refractivity contribution in [3.63, 3.8) is 0 Å². The number of nitrogens with one attached hydrogen (secondary N) is 1. The second kappa shape index (κ2) is 10.8. The van der Waals surface area contributed by atoms with Crippen molar-refractivity contribution in [1.29, 1.82) is 0 Å². The second-order valence-corrected chi connectivity index (χ2v) is 7.73. The molecule has 0 aliphatic heterocycles. The summed E-state index contributed by atoms with van der Waals surface area (Å²) < 4.78 is 18.6. The van der Waals surface area contributed by atoms with Crippen LogP contribution in [0.25, 0.3) is 10.9 Å². The number of hydrogen-bond donors (Lipinski definition) is 1. The highest BCUT2D eigenvalue weighted by atomic mass is 19.1. The monoisotopic (exact) mass is 423 g/mol. The number of fused-ring (bicyclic) bond motifs is 1. The number of methoxy groups -OCH3 is 1. The van der Waals surface area contributed by atoms with E-state index < -0.39 is 0 Å². The molecule has 6 heteroatoms. The summed E-state index contributed by atoms with van der Waals surface area (Å²) in [5.41, 5.74) is 2.78. The first-order valence-electron chi connectivity index (χ1n) is 10.7. The van der Waals surface area contributed by atoms with Crippen LogP contribution in [0.5, 0.6) is 5.75 Å². The van der Waals surface area contributed by atoms with E-state index in [-0.39, 0.29) is 17.8 Å². The fourth-order valence-corrected chi connectivity index (χ4v) is 3.64. The molecule has 1 aromatic heterocycles. The third-order valence-corrected chi connectivity index (χ3v) is 5.32. The van der Waals surface area contributed by atoms with Gasteiger partial charge >= 0.3 is 0 Å². The minimum Gasteiger partial charge on any atom is -0.497 e. The largest absolute Gasteiger partial charge is 0.497 e. The van der Waals surface area contributed by atoms with E-state index in [4.69, 9.17) is 4.74 Å². The zero-order valence-electron chi connectivity index (χ0n) is 18.4. The van der Waals surface area contributed by atoms with Gasteiger partial charge in [0, 0.05) is 43.2 Å². The number of halogens is 1. The Hall–Kier alpha value is -3.15. The predicted octanol–water partition coefficient (Wildman–Crippen LogP) is 5.40. The van der Waals surface area contributed by atoms with E-state index >= 15 is 0 Å². The van der Waals surface area contributed by atoms with Gasteiger partial charge in [-0.3, -0.25) is 9.78 Å². The van der Waals surface area contributed by atoms with Crippen molar-refractivity contribution >= 4 is 22.5 Å². The summed E-state index contributed by atoms with van der Waals surface area (Å²) in [7, 11) is 1.66. The zero-order chi connectivity index (χ0) is 22.2. The van der Waals surface area contributed by atoms with Crippen LogP contribution < -0.4 is 10.1 Å². The maximum atomic E-state index is 13.2. The van der Waals surface area contributed by atoms with Gasteiger partial charge in [-0.1, -0.05) is 25.1 Å². The van der Waals surface area contributed by atoms with Gasteiger partial charge in [0.05, 0.1) is 18.3 Å². The first-order chi connectivity index (χ1) is 15.0. The summed E-state index contributed by atoms with van der Waals surface area (Å²) in [4.78, 5) is 18.7. The van der Waals surface area contributed by atoms with Gasteiger partial charge in [0.15, 0.2) is 0 Å². The highest BCUT2D eigenvalue weighted by Gasteiger charge is 2.14. The van der Waals surface area contributed by atoms with Gasteiger partial charge in [-0.05, 0) is 49.6 Å². The maximum absolute atomic E-state index is 13.2. The van der Waals surface area contributed by atoms with Gasteiger partial charge in [-0.25, -0.2) is 4.39 Å². The van der Waals surface area contributed by atoms with Crippen molar-refractivity contribution in [3.05, 3.63) is 66.1 Å². The molecule has 2 aromatic carbocycles. The average Bonchev–Trinajstić information content (AvgIpc) is 2.79. The van der Waals surface area contributed by atoms with Crippen LogP contribution in [0.1, 0.15) is 38.7 Å². The number of carbonyl (C=O) groups excluding carboxylic acids is 1. The molecule has 1 N–H and O–H groups in total. The van der Waals surface area contributed by atoms with Gasteiger partial charge in [0.2, 0.25) is 5.91 Å². The molecule has 1 unspecified atom stereocenters. The Balaban J connectivity index is 1.60. The lowest BCUT2D eigenvalue weighted by atomic mass is 10.1. The van der Waals surface area contributed by atoms with Gasteiger partial charge < -0.3 is 15.0 Å². The molecule has 0 aliphatic rings. The van der Waals surface area contributed by atoms with Crippen LogP contribution in [0.3, 0.4) is 0 Å². The van der Waals surface area contributed by atoms with Crippen molar-refractivity contribution < 1.29 is 13.9 Å². The lowest BCUT2D eigenvalue weighted by molar-refractivity contribution is -0.131. The van der Waals surface area contributed by atoms with Crippen molar-refractivity contribution in [2.45, 2.75) is 45.7 Å². The third-order valence-electron chi connectivity index (χ3n) is 5.32. The Bertz CT molecular complexity index is 1010. The molecule has 0 saturated heterocycles. The van der Waals surface area contributed by atoms with E-state index in [0.29, 0.717) is 19.5 Å². The quantitative estimate of drug-likeness (QED) is 0.474. The Kier molecular flexibility index (Phi) is 7.82. The molecule has 0 saturated carbocycles. The zero-order valence-corrected chi connectivity index (χ0v) is 18.4. The van der Waals surface area contributed by atoms with Crippen LogP contribution in [0.2, 0.25) is 0 Å². The minimum atomic E-state index is -0.267. The molecule has 1 atom stereocenters. The fraction of sp³-hybridized carbons (Fsp3) is 0.360. The van der Waals surface area contributed by atoms with Crippen LogP contribution >= 0.6 is 0 Å². The fourth-order valence-electron chi connectivity index (χ4n) is 3.64. The Morgan fingerprint density at radius 1 is 1.23 bits per heavy atom. The summed E-state index contributed by atoms with van der Waals surface area (Å²) in [5, 5.41) is 4.57. The van der Waals surface area contributed by atoms with Crippen molar-refractivity contribution in [3.8, 4) is 5.75 Å². The van der Waals surface area contributed by atoms with Crippen LogP contribution in [-0.2, 0) is 11.3 Å². The lowest BCUT2D eigenvalue weighted by Gasteiger charge is -2.24. The van der Waals surface area contributed by atoms with E-state index in [1.807, 2.05) is 36.1 Å². The molecule has 1 heterocycles. The van der Waals surface area contributed by atoms with Gasteiger partial charge in [-0.15, -0.1) is 0 Å². The van der Waals surface area contributed by atoms with Crippen LogP contribution in [-0.4, -0.2) is 35.5 Å². The maximum Gasteiger partial charge on any atom is 0.222 e. The molecule has 0 spiro atoms. The summed E-state index contributed by atoms with van der Waals surface area (Å²) in [6.07, 6.45) is 3.99. The smallest absolute Gasteiger partial charge is 0.222 e. The number of carbonyl (C=O) groups is 1. The van der Waals surface area contributed by atoms with Gasteiger partial charge in [0.25, 0.3) is 0 Å². The normalized spacial score (nSPS) is 11.9. The van der Waals surface area contributed by atoms with Crippen LogP contribution in [0.15, 0.2) is 54.7 Å². The van der Waals surface area contributed by atoms with Gasteiger partial charge in [0.1, 0.15) is 11.6 Å². The van der Waals surface area contributed by atoms with Gasteiger partial charge in [-0.2, -0.15) is 0 Å². The predicted molar refractivity (Wildman–Crippen MR) is 123 cm³/mol. The van der Waals surface area contributed by atoms with E-state index in [1.54, 1.807) is 25.4 Å². The number of ether oxygens (including phenoxy) is 1. The molecule has 164 valence electrons. The standard InChI is InChI=1S/C25H30FN3O2/c1-4-24(30)29(17-19-9-11-21(26)12-10-19)14-6-7-18(2)28-23-16-22(31-3)15-20-8-5-13-27-25(20)23/h5,8-13,15-16,18,28H,4,6-7,14,17H2,1-3H3. The number of hydrogen-bond acceptors (Lipinski definition) is 4. The average molecular weight is 424 g/mol. The van der Waals surface area contributed by atoms with Crippen molar-refractivity contribution in [2.75, 3.05) is 19.0 Å². The molecule has 0 aliphatic carbocycles. The Morgan fingerprint density at radius 3 is 2.71 bits per heavy atom. The molecule has 31 heavy (non-hydrogen) atoms. The molecular formula is C25H30FN3O2. The summed E-state index contributed by atoms with van der Waals surface area (Å²) in [6, 6.07) is 14.4. The topological polar surface area (TPSA) is 54.5 Å². The number of pyridine rings is 1. The molecule has 3 aromatic rings. The second-order valence-electron chi connectivity index (χ2n) is 7.73. The number of aromatic nitrogens is 1. The molecule has 0 radical (unpaired) electrons. The number of amides is 1. The molecule has 1 amide bonds. The number of nitrogens with zero attached hydrogens (tertiary/aromatic N) is 2. The van der Waals surface area contributed by atoms with Crippen LogP contribution in [0.4, 0.5) is 10.1 Å². The van der Waals surface area contributed by atoms with Crippen LogP contribution in [0, 0.1) is 5.82 Å². The molecular weight excluding hydrogens is 393 g/mol. The summed E-state index contributed by atoms with van der Waals surface area (Å²) in [5.74, 6) is 0.624. The summed E-state index contributed by atoms with van der Waals surface area (Å²) >= 11 is 0. The van der Waals surface area contributed by atoms with E-state index in [0.717, 1.165) is 40.7 Å². The first-order valence-corrected chi connectivity index (χ1v) is 10.7. The SMILES string of the molecule is CCC(=O)N(CCCC(C)Nc1cc(OC)cc2cccnc12)Cc1ccc(F)cc1. The molecule has 5 nitrogen and oxygen atoms in total. The third kappa shape index (κ3) is 6.17.